The summed E-state index contributed by atoms with van der Waals surface area (Å²) in [5.41, 5.74) is 6.06. The van der Waals surface area contributed by atoms with Gasteiger partial charge in [-0.2, -0.15) is 4.31 Å². The molecule has 0 spiro atoms. The highest BCUT2D eigenvalue weighted by Crippen LogP contribution is 2.26. The van der Waals surface area contributed by atoms with Gasteiger partial charge in [-0.1, -0.05) is 5.16 Å². The predicted octanol–water partition coefficient (Wildman–Crippen LogP) is 0.482. The monoisotopic (exact) mass is 273 g/mol. The van der Waals surface area contributed by atoms with Crippen LogP contribution in [0.4, 0.5) is 0 Å². The van der Waals surface area contributed by atoms with Crippen LogP contribution >= 0.6 is 0 Å². The van der Waals surface area contributed by atoms with Crippen LogP contribution < -0.4 is 5.73 Å². The van der Waals surface area contributed by atoms with Gasteiger partial charge in [0.15, 0.2) is 0 Å². The number of hydrogen-bond acceptors (Lipinski definition) is 5. The van der Waals surface area contributed by atoms with Gasteiger partial charge in [-0.15, -0.1) is 0 Å². The predicted molar refractivity (Wildman–Crippen MR) is 67.2 cm³/mol. The quantitative estimate of drug-likeness (QED) is 0.862. The van der Waals surface area contributed by atoms with E-state index in [2.05, 4.69) is 5.16 Å². The Kier molecular flexibility index (Phi) is 3.74. The molecule has 2 atom stereocenters. The Bertz CT molecular complexity index is 511. The molecule has 0 amide bonds. The summed E-state index contributed by atoms with van der Waals surface area (Å²) in [6, 6.07) is 1.66. The first-order chi connectivity index (χ1) is 8.42. The Hall–Kier alpha value is -0.920. The molecule has 102 valence electrons. The minimum Gasteiger partial charge on any atom is -0.361 e. The molecule has 1 saturated heterocycles. The average Bonchev–Trinajstić information content (AvgIpc) is 2.84. The van der Waals surface area contributed by atoms with Crippen LogP contribution in [0.3, 0.4) is 0 Å². The molecule has 1 aliphatic heterocycles. The van der Waals surface area contributed by atoms with E-state index >= 15 is 0 Å². The molecule has 0 aliphatic carbocycles. The van der Waals surface area contributed by atoms with Gasteiger partial charge in [-0.25, -0.2) is 8.42 Å². The van der Waals surface area contributed by atoms with Crippen molar-refractivity contribution in [2.24, 2.45) is 11.7 Å². The van der Waals surface area contributed by atoms with Crippen molar-refractivity contribution in [3.05, 3.63) is 17.5 Å². The van der Waals surface area contributed by atoms with Crippen LogP contribution in [0.5, 0.6) is 0 Å². The second-order valence-corrected chi connectivity index (χ2v) is 6.86. The van der Waals surface area contributed by atoms with Crippen LogP contribution in [-0.4, -0.2) is 37.0 Å². The first kappa shape index (κ1) is 13.5. The summed E-state index contributed by atoms with van der Waals surface area (Å²) in [6.07, 6.45) is 0.827. The van der Waals surface area contributed by atoms with Crippen molar-refractivity contribution in [3.63, 3.8) is 0 Å². The highest BCUT2D eigenvalue weighted by atomic mass is 32.2. The molecule has 1 fully saturated rings. The van der Waals surface area contributed by atoms with Crippen molar-refractivity contribution in [1.82, 2.24) is 9.46 Å². The lowest BCUT2D eigenvalue weighted by atomic mass is 10.1. The van der Waals surface area contributed by atoms with Crippen molar-refractivity contribution in [2.75, 3.05) is 13.1 Å². The van der Waals surface area contributed by atoms with Crippen LogP contribution in [0, 0.1) is 12.8 Å². The first-order valence-electron chi connectivity index (χ1n) is 6.04. The van der Waals surface area contributed by atoms with E-state index in [-0.39, 0.29) is 17.7 Å². The normalized spacial score (nSPS) is 25.7. The maximum atomic E-state index is 12.3. The van der Waals surface area contributed by atoms with Crippen molar-refractivity contribution in [1.29, 1.82) is 0 Å². The molecule has 0 bridgehead atoms. The van der Waals surface area contributed by atoms with Gasteiger partial charge >= 0.3 is 0 Å². The molecule has 0 radical (unpaired) electrons. The summed E-state index contributed by atoms with van der Waals surface area (Å²) >= 11 is 0. The lowest BCUT2D eigenvalue weighted by Crippen LogP contribution is -2.35. The molecule has 18 heavy (non-hydrogen) atoms. The number of nitrogens with two attached hydrogens (primary N) is 1. The Morgan fingerprint density at radius 3 is 2.83 bits per heavy atom. The van der Waals surface area contributed by atoms with Crippen LogP contribution in [0.1, 0.15) is 24.8 Å². The maximum absolute atomic E-state index is 12.3. The molecule has 2 N–H and O–H groups in total. The number of aromatic nitrogens is 1. The first-order valence-corrected chi connectivity index (χ1v) is 7.65. The van der Waals surface area contributed by atoms with E-state index in [9.17, 15) is 8.42 Å². The molecule has 1 aromatic rings. The van der Waals surface area contributed by atoms with E-state index in [1.54, 1.807) is 13.0 Å². The number of aryl methyl sites for hydroxylation is 1. The van der Waals surface area contributed by atoms with Crippen LogP contribution in [0.25, 0.3) is 0 Å². The molecular weight excluding hydrogens is 254 g/mol. The fourth-order valence-electron chi connectivity index (χ4n) is 2.42. The Morgan fingerprint density at radius 1 is 1.61 bits per heavy atom. The molecular formula is C11H19N3O3S. The second-order valence-electron chi connectivity index (χ2n) is 4.94. The van der Waals surface area contributed by atoms with Gasteiger partial charge in [0.2, 0.25) is 10.0 Å². The zero-order valence-electron chi connectivity index (χ0n) is 10.7. The van der Waals surface area contributed by atoms with Gasteiger partial charge in [0, 0.05) is 18.7 Å². The van der Waals surface area contributed by atoms with E-state index in [0.717, 1.165) is 6.42 Å². The van der Waals surface area contributed by atoms with Crippen molar-refractivity contribution in [2.45, 2.75) is 32.1 Å². The SMILES string of the molecule is Cc1cc(CS(=O)(=O)N2CC(CN)CC2C)no1. The van der Waals surface area contributed by atoms with Gasteiger partial charge in [0.1, 0.15) is 17.2 Å². The smallest absolute Gasteiger partial charge is 0.220 e. The number of nitrogens with zero attached hydrogens (tertiary/aromatic N) is 2. The Morgan fingerprint density at radius 2 is 2.33 bits per heavy atom. The Balaban J connectivity index is 2.11. The summed E-state index contributed by atoms with van der Waals surface area (Å²) in [5.74, 6) is 0.773. The Labute approximate surface area is 107 Å². The summed E-state index contributed by atoms with van der Waals surface area (Å²) in [6.45, 7) is 4.70. The molecule has 2 rings (SSSR count). The van der Waals surface area contributed by atoms with Crippen LogP contribution in [0.15, 0.2) is 10.6 Å². The average molecular weight is 273 g/mol. The third kappa shape index (κ3) is 2.73. The number of rotatable bonds is 4. The lowest BCUT2D eigenvalue weighted by Gasteiger charge is -2.20. The summed E-state index contributed by atoms with van der Waals surface area (Å²) in [7, 11) is -3.34. The fraction of sp³-hybridized carbons (Fsp3) is 0.727. The van der Waals surface area contributed by atoms with Crippen LogP contribution in [0.2, 0.25) is 0 Å². The third-order valence-corrected chi connectivity index (χ3v) is 5.19. The highest BCUT2D eigenvalue weighted by molar-refractivity contribution is 7.88. The molecule has 0 saturated carbocycles. The summed E-state index contributed by atoms with van der Waals surface area (Å²) in [5, 5.41) is 3.73. The largest absolute Gasteiger partial charge is 0.361 e. The molecule has 0 aromatic carbocycles. The van der Waals surface area contributed by atoms with Gasteiger partial charge in [0.05, 0.1) is 0 Å². The van der Waals surface area contributed by atoms with Gasteiger partial charge in [-0.3, -0.25) is 0 Å². The number of hydrogen-bond donors (Lipinski definition) is 1. The van der Waals surface area contributed by atoms with Gasteiger partial charge in [-0.05, 0) is 32.7 Å². The molecule has 2 heterocycles. The van der Waals surface area contributed by atoms with Gasteiger partial charge in [0.25, 0.3) is 0 Å². The van der Waals surface area contributed by atoms with Crippen molar-refractivity contribution < 1.29 is 12.9 Å². The highest BCUT2D eigenvalue weighted by Gasteiger charge is 2.36. The molecule has 1 aromatic heterocycles. The maximum Gasteiger partial charge on any atom is 0.220 e. The lowest BCUT2D eigenvalue weighted by molar-refractivity contribution is 0.387. The van der Waals surface area contributed by atoms with Crippen LogP contribution in [-0.2, 0) is 15.8 Å². The topological polar surface area (TPSA) is 89.4 Å². The summed E-state index contributed by atoms with van der Waals surface area (Å²) in [4.78, 5) is 0. The van der Waals surface area contributed by atoms with E-state index in [1.165, 1.54) is 4.31 Å². The van der Waals surface area contributed by atoms with Gasteiger partial charge < -0.3 is 10.3 Å². The van der Waals surface area contributed by atoms with E-state index in [1.807, 2.05) is 6.92 Å². The van der Waals surface area contributed by atoms with E-state index < -0.39 is 10.0 Å². The molecule has 1 aliphatic rings. The van der Waals surface area contributed by atoms with Crippen molar-refractivity contribution in [3.8, 4) is 0 Å². The van der Waals surface area contributed by atoms with E-state index in [0.29, 0.717) is 24.5 Å². The zero-order valence-corrected chi connectivity index (χ0v) is 11.5. The zero-order chi connectivity index (χ0) is 13.3. The molecule has 7 heteroatoms. The third-order valence-electron chi connectivity index (χ3n) is 3.30. The second kappa shape index (κ2) is 4.99. The van der Waals surface area contributed by atoms with Crippen molar-refractivity contribution >= 4 is 10.0 Å². The minimum absolute atomic E-state index is 0.0107. The minimum atomic E-state index is -3.34. The molecule has 6 nitrogen and oxygen atoms in total. The molecule has 2 unspecified atom stereocenters. The summed E-state index contributed by atoms with van der Waals surface area (Å²) < 4.78 is 31.0. The standard InChI is InChI=1S/C11H19N3O3S/c1-8-3-10(5-12)6-14(8)18(15,16)7-11-4-9(2)17-13-11/h4,8,10H,3,5-7,12H2,1-2H3. The number of sulfonamides is 1. The van der Waals surface area contributed by atoms with E-state index in [4.69, 9.17) is 10.3 Å². The fourth-order valence-corrected chi connectivity index (χ4v) is 4.17.